The zero-order valence-corrected chi connectivity index (χ0v) is 40.0. The minimum atomic E-state index is -5.20. The molecule has 27 heteroatoms. The average molecular weight is 1220 g/mol. The van der Waals surface area contributed by atoms with Crippen LogP contribution >= 0.6 is 63.7 Å². The molecule has 2 heterocycles. The number of benzene rings is 4. The molecule has 0 saturated heterocycles. The van der Waals surface area contributed by atoms with Crippen molar-refractivity contribution in [3.05, 3.63) is 135 Å². The van der Waals surface area contributed by atoms with E-state index in [1.807, 2.05) is 0 Å². The SMILES string of the molecule is O=S(=O)([N-]c1c(Br)cc(Br)c2cccnc12)c1cc(C(F)(F)F)cc(C(F)(F)F)c1.O=S(=O)([N-]c1c(Br)cc(Br)c2cccnc12)c1cc(C(F)(F)F)cc(C(F)(F)F)c1.[Zn+2]. The Morgan fingerprint density at radius 2 is 0.721 bits per heavy atom. The van der Waals surface area contributed by atoms with Crippen molar-refractivity contribution in [3.63, 3.8) is 0 Å². The molecule has 6 rings (SSSR count). The molecule has 320 valence electrons. The summed E-state index contributed by atoms with van der Waals surface area (Å²) in [4.78, 5) is 5.54. The zero-order valence-electron chi connectivity index (χ0n) is 29.1. The first kappa shape index (κ1) is 50.5. The third-order valence-electron chi connectivity index (χ3n) is 7.68. The maximum absolute atomic E-state index is 13.1. The number of halogens is 16. The third kappa shape index (κ3) is 11.7. The minimum Gasteiger partial charge on any atom is -0.570 e. The van der Waals surface area contributed by atoms with Gasteiger partial charge in [-0.05, 0) is 60.7 Å². The van der Waals surface area contributed by atoms with Gasteiger partial charge in [-0.25, -0.2) is 16.8 Å². The number of alkyl halides is 12. The molecular formula is C34H14Br4F12N4O4S2Zn. The number of rotatable bonds is 6. The maximum atomic E-state index is 13.1. The molecule has 0 amide bonds. The summed E-state index contributed by atoms with van der Waals surface area (Å²) in [7, 11) is -9.93. The monoisotopic (exact) mass is 1210 g/mol. The molecule has 0 aliphatic rings. The Kier molecular flexibility index (Phi) is 15.1. The Labute approximate surface area is 382 Å². The number of hydrogen-bond acceptors (Lipinski definition) is 6. The molecule has 0 aliphatic heterocycles. The van der Waals surface area contributed by atoms with E-state index in [2.05, 4.69) is 83.1 Å². The van der Waals surface area contributed by atoms with Crippen LogP contribution in [0.1, 0.15) is 22.3 Å². The van der Waals surface area contributed by atoms with Crippen LogP contribution in [0.15, 0.2) is 113 Å². The van der Waals surface area contributed by atoms with Crippen molar-refractivity contribution in [1.29, 1.82) is 0 Å². The smallest absolute Gasteiger partial charge is 0.570 e. The summed E-state index contributed by atoms with van der Waals surface area (Å²) in [6.45, 7) is 0. The van der Waals surface area contributed by atoms with E-state index in [0.29, 0.717) is 19.7 Å². The Morgan fingerprint density at radius 3 is 0.984 bits per heavy atom. The van der Waals surface area contributed by atoms with Crippen LogP contribution in [0.3, 0.4) is 0 Å². The Hall–Kier alpha value is -3.10. The molecule has 0 fully saturated rings. The summed E-state index contributed by atoms with van der Waals surface area (Å²) in [6, 6.07) is 9.25. The summed E-state index contributed by atoms with van der Waals surface area (Å²) >= 11 is 12.7. The fourth-order valence-electron chi connectivity index (χ4n) is 4.98. The Bertz CT molecular complexity index is 2620. The van der Waals surface area contributed by atoms with Gasteiger partial charge in [0.1, 0.15) is 20.0 Å². The molecule has 0 bridgehead atoms. The molecule has 0 aliphatic carbocycles. The van der Waals surface area contributed by atoms with Crippen LogP contribution in [0, 0.1) is 0 Å². The van der Waals surface area contributed by atoms with Crippen LogP contribution < -0.4 is 0 Å². The first-order valence-corrected chi connectivity index (χ1v) is 21.5. The molecular weight excluding hydrogens is 1210 g/mol. The van der Waals surface area contributed by atoms with Gasteiger partial charge >= 0.3 is 44.2 Å². The third-order valence-corrected chi connectivity index (χ3v) is 12.7. The van der Waals surface area contributed by atoms with Crippen molar-refractivity contribution in [1.82, 2.24) is 9.97 Å². The second-order valence-corrected chi connectivity index (χ2v) is 18.4. The number of aromatic nitrogens is 2. The molecule has 0 saturated carbocycles. The van der Waals surface area contributed by atoms with Gasteiger partial charge in [0.05, 0.1) is 43.1 Å². The quantitative estimate of drug-likeness (QED) is 0.121. The minimum absolute atomic E-state index is 0. The summed E-state index contributed by atoms with van der Waals surface area (Å²) in [6.07, 6.45) is -18.1. The van der Waals surface area contributed by atoms with E-state index in [0.717, 1.165) is 0 Å². The van der Waals surface area contributed by atoms with Crippen LogP contribution in [-0.4, -0.2) is 26.8 Å². The van der Waals surface area contributed by atoms with Crippen LogP contribution in [0.5, 0.6) is 0 Å². The van der Waals surface area contributed by atoms with E-state index < -0.39 is 76.8 Å². The summed E-state index contributed by atoms with van der Waals surface area (Å²) in [5, 5.41) is 0.879. The van der Waals surface area contributed by atoms with E-state index in [9.17, 15) is 69.5 Å². The van der Waals surface area contributed by atoms with Gasteiger partial charge in [0.25, 0.3) is 0 Å². The largest absolute Gasteiger partial charge is 2.00 e. The first-order valence-electron chi connectivity index (χ1n) is 15.4. The molecule has 61 heavy (non-hydrogen) atoms. The normalized spacial score (nSPS) is 12.7. The van der Waals surface area contributed by atoms with Crippen molar-refractivity contribution >= 4 is 117 Å². The number of pyridine rings is 2. The van der Waals surface area contributed by atoms with Gasteiger partial charge < -0.3 is 9.44 Å². The van der Waals surface area contributed by atoms with Crippen molar-refractivity contribution in [2.45, 2.75) is 34.5 Å². The molecule has 0 atom stereocenters. The predicted octanol–water partition coefficient (Wildman–Crippen LogP) is 14.4. The number of hydrogen-bond donors (Lipinski definition) is 0. The van der Waals surface area contributed by atoms with Crippen LogP contribution in [-0.2, 0) is 64.2 Å². The van der Waals surface area contributed by atoms with Crippen LogP contribution in [0.4, 0.5) is 64.1 Å². The number of sulfonamides is 2. The number of fused-ring (bicyclic) bond motifs is 2. The topological polar surface area (TPSA) is 122 Å². The fraction of sp³-hybridized carbons (Fsp3) is 0.118. The predicted molar refractivity (Wildman–Crippen MR) is 208 cm³/mol. The second-order valence-electron chi connectivity index (χ2n) is 11.8. The van der Waals surface area contributed by atoms with Crippen molar-refractivity contribution < 1.29 is 89.0 Å². The standard InChI is InChI=1S/2C17H7Br2F6N2O2S.Zn/c2*18-12-7-13(19)15(14-11(12)2-1-3-26-14)27-30(28,29)10-5-8(16(20,21)22)4-9(6-10)17(23,24)25;/h2*1-7H;/q2*-1;+2. The van der Waals surface area contributed by atoms with Gasteiger partial charge in [-0.1, -0.05) is 87.2 Å². The average Bonchev–Trinajstić information content (AvgIpc) is 3.13. The fourth-order valence-corrected chi connectivity index (χ4v) is 10.1. The van der Waals surface area contributed by atoms with Gasteiger partial charge in [0.2, 0.25) is 0 Å². The molecule has 0 radical (unpaired) electrons. The van der Waals surface area contributed by atoms with Gasteiger partial charge in [0.15, 0.2) is 0 Å². The summed E-state index contributed by atoms with van der Waals surface area (Å²) < 4.78 is 216. The second kappa shape index (κ2) is 18.2. The molecule has 8 nitrogen and oxygen atoms in total. The van der Waals surface area contributed by atoms with E-state index in [1.165, 1.54) is 24.5 Å². The molecule has 0 N–H and O–H groups in total. The molecule has 6 aromatic rings. The Morgan fingerprint density at radius 1 is 0.443 bits per heavy atom. The molecule has 0 unspecified atom stereocenters. The first-order chi connectivity index (χ1) is 27.4. The number of nitrogens with zero attached hydrogens (tertiary/aromatic N) is 4. The van der Waals surface area contributed by atoms with E-state index >= 15 is 0 Å². The van der Waals surface area contributed by atoms with Gasteiger partial charge in [-0.2, -0.15) is 52.7 Å². The van der Waals surface area contributed by atoms with E-state index in [1.54, 1.807) is 24.3 Å². The summed E-state index contributed by atoms with van der Waals surface area (Å²) in [5.41, 5.74) is -7.42. The maximum Gasteiger partial charge on any atom is 2.00 e. The summed E-state index contributed by atoms with van der Waals surface area (Å²) in [5.74, 6) is 0. The van der Waals surface area contributed by atoms with E-state index in [4.69, 9.17) is 0 Å². The van der Waals surface area contributed by atoms with Crippen molar-refractivity contribution in [2.75, 3.05) is 0 Å². The molecule has 0 spiro atoms. The zero-order chi connectivity index (χ0) is 45.0. The van der Waals surface area contributed by atoms with Crippen LogP contribution in [0.25, 0.3) is 31.3 Å². The van der Waals surface area contributed by atoms with Crippen molar-refractivity contribution in [2.24, 2.45) is 0 Å². The molecule has 4 aromatic carbocycles. The van der Waals surface area contributed by atoms with Crippen LogP contribution in [0.2, 0.25) is 0 Å². The Balaban J connectivity index is 0.000000264. The van der Waals surface area contributed by atoms with Gasteiger partial charge in [0, 0.05) is 41.1 Å². The molecule has 2 aromatic heterocycles. The van der Waals surface area contributed by atoms with Crippen molar-refractivity contribution in [3.8, 4) is 0 Å². The van der Waals surface area contributed by atoms with Gasteiger partial charge in [-0.15, -0.1) is 0 Å². The van der Waals surface area contributed by atoms with Gasteiger partial charge in [-0.3, -0.25) is 9.97 Å². The van der Waals surface area contributed by atoms with E-state index in [-0.39, 0.29) is 87.2 Å².